The lowest BCUT2D eigenvalue weighted by Gasteiger charge is -2.02. The zero-order valence-corrected chi connectivity index (χ0v) is 9.60. The van der Waals surface area contributed by atoms with Crippen LogP contribution in [-0.4, -0.2) is 21.1 Å². The largest absolute Gasteiger partial charge is 0.436 e. The number of hydrogen-bond acceptors (Lipinski definition) is 4. The van der Waals surface area contributed by atoms with Crippen LogP contribution in [0.5, 0.6) is 0 Å². The van der Waals surface area contributed by atoms with E-state index in [2.05, 4.69) is 20.5 Å². The number of anilines is 1. The number of carbonyl (C=O) groups excluding carboxylic acids is 1. The molecule has 90 valence electrons. The van der Waals surface area contributed by atoms with Gasteiger partial charge in [-0.15, -0.1) is 0 Å². The molecule has 0 saturated heterocycles. The van der Waals surface area contributed by atoms with Gasteiger partial charge in [-0.25, -0.2) is 4.98 Å². The zero-order chi connectivity index (χ0) is 12.5. The molecule has 0 aliphatic heterocycles. The van der Waals surface area contributed by atoms with Crippen LogP contribution in [0.4, 0.5) is 5.69 Å². The molecule has 0 fully saturated rings. The number of carbonyl (C=O) groups is 1. The van der Waals surface area contributed by atoms with E-state index in [1.54, 1.807) is 19.2 Å². The summed E-state index contributed by atoms with van der Waals surface area (Å²) in [6.07, 6.45) is 3.13. The maximum absolute atomic E-state index is 11.8. The van der Waals surface area contributed by atoms with Crippen molar-refractivity contribution < 1.29 is 9.21 Å². The molecule has 0 unspecified atom stereocenters. The number of H-pyrrole nitrogens is 1. The van der Waals surface area contributed by atoms with Gasteiger partial charge in [0.1, 0.15) is 0 Å². The fourth-order valence-corrected chi connectivity index (χ4v) is 1.67. The van der Waals surface area contributed by atoms with Gasteiger partial charge < -0.3 is 9.73 Å². The molecule has 0 aliphatic rings. The quantitative estimate of drug-likeness (QED) is 0.720. The van der Waals surface area contributed by atoms with Gasteiger partial charge in [-0.3, -0.25) is 9.89 Å². The van der Waals surface area contributed by atoms with Crippen molar-refractivity contribution in [3.8, 4) is 0 Å². The lowest BCUT2D eigenvalue weighted by molar-refractivity contribution is 0.0995. The number of fused-ring (bicyclic) bond motifs is 1. The second kappa shape index (κ2) is 3.99. The van der Waals surface area contributed by atoms with Crippen molar-refractivity contribution >= 4 is 22.5 Å². The number of aromatic nitrogens is 3. The van der Waals surface area contributed by atoms with E-state index in [1.807, 2.05) is 12.1 Å². The predicted molar refractivity (Wildman–Crippen MR) is 65.3 cm³/mol. The zero-order valence-electron chi connectivity index (χ0n) is 9.60. The summed E-state index contributed by atoms with van der Waals surface area (Å²) in [6.45, 7) is 1.69. The highest BCUT2D eigenvalue weighted by Gasteiger charge is 2.11. The van der Waals surface area contributed by atoms with Gasteiger partial charge in [0.05, 0.1) is 17.9 Å². The van der Waals surface area contributed by atoms with Crippen molar-refractivity contribution in [2.45, 2.75) is 6.92 Å². The third-order valence-corrected chi connectivity index (χ3v) is 2.54. The highest BCUT2D eigenvalue weighted by atomic mass is 16.4. The van der Waals surface area contributed by atoms with Crippen molar-refractivity contribution in [2.24, 2.45) is 0 Å². The highest BCUT2D eigenvalue weighted by Crippen LogP contribution is 2.17. The summed E-state index contributed by atoms with van der Waals surface area (Å²) < 4.78 is 5.15. The Morgan fingerprint density at radius 2 is 2.28 bits per heavy atom. The van der Waals surface area contributed by atoms with E-state index in [9.17, 15) is 4.79 Å². The highest BCUT2D eigenvalue weighted by molar-refractivity contribution is 6.02. The number of rotatable bonds is 2. The van der Waals surface area contributed by atoms with Crippen molar-refractivity contribution in [3.63, 3.8) is 0 Å². The first-order valence-electron chi connectivity index (χ1n) is 5.39. The van der Waals surface area contributed by atoms with Gasteiger partial charge in [0.15, 0.2) is 5.89 Å². The third kappa shape index (κ3) is 1.84. The van der Waals surface area contributed by atoms with Gasteiger partial charge in [0.2, 0.25) is 5.76 Å². The van der Waals surface area contributed by atoms with E-state index in [-0.39, 0.29) is 11.7 Å². The molecular weight excluding hydrogens is 232 g/mol. The SMILES string of the molecule is Cc1ncc(C(=O)Nc2ccc3cn[nH]c3c2)o1. The summed E-state index contributed by atoms with van der Waals surface area (Å²) in [6, 6.07) is 5.49. The monoisotopic (exact) mass is 242 g/mol. The Morgan fingerprint density at radius 3 is 3.06 bits per heavy atom. The minimum atomic E-state index is -0.325. The molecule has 2 aromatic heterocycles. The normalized spacial score (nSPS) is 10.7. The molecule has 0 atom stereocenters. The lowest BCUT2D eigenvalue weighted by Crippen LogP contribution is -2.10. The van der Waals surface area contributed by atoms with Crippen molar-refractivity contribution in [3.05, 3.63) is 42.2 Å². The number of hydrogen-bond donors (Lipinski definition) is 2. The fourth-order valence-electron chi connectivity index (χ4n) is 1.67. The average Bonchev–Trinajstić information content (AvgIpc) is 2.96. The summed E-state index contributed by atoms with van der Waals surface area (Å²) in [4.78, 5) is 15.7. The molecule has 3 rings (SSSR count). The van der Waals surface area contributed by atoms with Crippen molar-refractivity contribution in [1.29, 1.82) is 0 Å². The molecule has 1 amide bonds. The lowest BCUT2D eigenvalue weighted by atomic mass is 10.2. The number of oxazole rings is 1. The van der Waals surface area contributed by atoms with Crippen LogP contribution in [0.1, 0.15) is 16.4 Å². The Labute approximate surface area is 102 Å². The number of nitrogens with one attached hydrogen (secondary N) is 2. The Kier molecular flexibility index (Phi) is 2.33. The Balaban J connectivity index is 1.85. The molecule has 2 heterocycles. The number of aromatic amines is 1. The Hall–Kier alpha value is -2.63. The first-order chi connectivity index (χ1) is 8.72. The smallest absolute Gasteiger partial charge is 0.293 e. The van der Waals surface area contributed by atoms with E-state index in [4.69, 9.17) is 4.42 Å². The van der Waals surface area contributed by atoms with Gasteiger partial charge in [-0.05, 0) is 18.2 Å². The summed E-state index contributed by atoms with van der Waals surface area (Å²) in [5, 5.41) is 10.5. The Bertz CT molecular complexity index is 714. The third-order valence-electron chi connectivity index (χ3n) is 2.54. The molecule has 18 heavy (non-hydrogen) atoms. The summed E-state index contributed by atoms with van der Waals surface area (Å²) in [5.74, 6) is 0.329. The van der Waals surface area contributed by atoms with Crippen molar-refractivity contribution in [1.82, 2.24) is 15.2 Å². The molecule has 3 aromatic rings. The second-order valence-corrected chi connectivity index (χ2v) is 3.87. The van der Waals surface area contributed by atoms with E-state index in [1.165, 1.54) is 6.20 Å². The van der Waals surface area contributed by atoms with Gasteiger partial charge in [-0.2, -0.15) is 5.10 Å². The van der Waals surface area contributed by atoms with E-state index >= 15 is 0 Å². The molecule has 0 radical (unpaired) electrons. The first-order valence-corrected chi connectivity index (χ1v) is 5.39. The van der Waals surface area contributed by atoms with Gasteiger partial charge in [-0.1, -0.05) is 0 Å². The van der Waals surface area contributed by atoms with Gasteiger partial charge in [0, 0.05) is 18.0 Å². The molecule has 0 saturated carbocycles. The molecule has 2 N–H and O–H groups in total. The van der Waals surface area contributed by atoms with Crippen LogP contribution < -0.4 is 5.32 Å². The van der Waals surface area contributed by atoms with Gasteiger partial charge in [0.25, 0.3) is 5.91 Å². The minimum absolute atomic E-state index is 0.192. The summed E-state index contributed by atoms with van der Waals surface area (Å²) in [7, 11) is 0. The molecule has 0 spiro atoms. The van der Waals surface area contributed by atoms with Crippen LogP contribution in [0.3, 0.4) is 0 Å². The van der Waals surface area contributed by atoms with E-state index < -0.39 is 0 Å². The fraction of sp³-hybridized carbons (Fsp3) is 0.0833. The molecule has 0 aliphatic carbocycles. The number of amides is 1. The average molecular weight is 242 g/mol. The number of nitrogens with zero attached hydrogens (tertiary/aromatic N) is 2. The topological polar surface area (TPSA) is 83.8 Å². The summed E-state index contributed by atoms with van der Waals surface area (Å²) >= 11 is 0. The Morgan fingerprint density at radius 1 is 1.39 bits per heavy atom. The number of aryl methyl sites for hydroxylation is 1. The maximum atomic E-state index is 11.8. The molecule has 1 aromatic carbocycles. The van der Waals surface area contributed by atoms with Crippen molar-refractivity contribution in [2.75, 3.05) is 5.32 Å². The van der Waals surface area contributed by atoms with Crippen LogP contribution in [0, 0.1) is 6.92 Å². The predicted octanol–water partition coefficient (Wildman–Crippen LogP) is 2.11. The number of benzene rings is 1. The van der Waals surface area contributed by atoms with Crippen LogP contribution in [0.15, 0.2) is 35.0 Å². The second-order valence-electron chi connectivity index (χ2n) is 3.87. The molecule has 6 heteroatoms. The van der Waals surface area contributed by atoms with Crippen LogP contribution >= 0.6 is 0 Å². The summed E-state index contributed by atoms with van der Waals surface area (Å²) in [5.41, 5.74) is 1.53. The first kappa shape index (κ1) is 10.5. The van der Waals surface area contributed by atoms with Crippen LogP contribution in [-0.2, 0) is 0 Å². The molecule has 0 bridgehead atoms. The van der Waals surface area contributed by atoms with Gasteiger partial charge >= 0.3 is 0 Å². The molecular formula is C12H10N4O2. The van der Waals surface area contributed by atoms with Crippen LogP contribution in [0.2, 0.25) is 0 Å². The van der Waals surface area contributed by atoms with Crippen LogP contribution in [0.25, 0.3) is 10.9 Å². The minimum Gasteiger partial charge on any atom is -0.436 e. The maximum Gasteiger partial charge on any atom is 0.293 e. The standard InChI is InChI=1S/C12H10N4O2/c1-7-13-6-11(18-7)12(17)15-9-3-2-8-5-14-16-10(8)4-9/h2-6H,1H3,(H,14,16)(H,15,17). The molecule has 6 nitrogen and oxygen atoms in total. The van der Waals surface area contributed by atoms with E-state index in [0.717, 1.165) is 10.9 Å². The van der Waals surface area contributed by atoms with E-state index in [0.29, 0.717) is 11.6 Å².